The van der Waals surface area contributed by atoms with Gasteiger partial charge >= 0.3 is 6.18 Å². The molecule has 0 spiro atoms. The van der Waals surface area contributed by atoms with Gasteiger partial charge in [0, 0.05) is 12.2 Å². The molecule has 3 nitrogen and oxygen atoms in total. The van der Waals surface area contributed by atoms with Crippen LogP contribution in [0.2, 0.25) is 5.02 Å². The molecule has 3 N–H and O–H groups in total. The maximum absolute atomic E-state index is 12.8. The summed E-state index contributed by atoms with van der Waals surface area (Å²) in [5.41, 5.74) is 4.13. The van der Waals surface area contributed by atoms with E-state index in [0.29, 0.717) is 12.8 Å². The summed E-state index contributed by atoms with van der Waals surface area (Å²) in [7, 11) is 0. The Morgan fingerprint density at radius 3 is 2.41 bits per heavy atom. The third kappa shape index (κ3) is 3.86. The molecule has 2 rings (SSSR count). The van der Waals surface area contributed by atoms with Crippen molar-refractivity contribution in [3.05, 3.63) is 28.8 Å². The maximum Gasteiger partial charge on any atom is 0.417 e. The van der Waals surface area contributed by atoms with Gasteiger partial charge in [-0.05, 0) is 31.0 Å². The first-order valence-electron chi connectivity index (χ1n) is 6.67. The number of benzene rings is 1. The van der Waals surface area contributed by atoms with E-state index in [9.17, 15) is 18.0 Å². The van der Waals surface area contributed by atoms with Crippen molar-refractivity contribution in [2.24, 2.45) is 11.1 Å². The van der Waals surface area contributed by atoms with Crippen molar-refractivity contribution in [1.29, 1.82) is 0 Å². The second-order valence-electron chi connectivity index (χ2n) is 5.34. The molecule has 1 aliphatic rings. The van der Waals surface area contributed by atoms with Crippen molar-refractivity contribution in [2.75, 3.05) is 11.9 Å². The van der Waals surface area contributed by atoms with Gasteiger partial charge in [-0.15, -0.1) is 12.4 Å². The summed E-state index contributed by atoms with van der Waals surface area (Å²) in [5, 5.41) is 2.14. The molecule has 1 aromatic carbocycles. The number of carbonyl (C=O) groups excluding carboxylic acids is 1. The molecular weight excluding hydrogens is 340 g/mol. The lowest BCUT2D eigenvalue weighted by molar-refractivity contribution is -0.137. The van der Waals surface area contributed by atoms with Gasteiger partial charge in [0.05, 0.1) is 16.0 Å². The Balaban J connectivity index is 0.00000242. The number of amides is 1. The summed E-state index contributed by atoms with van der Waals surface area (Å²) in [6.45, 7) is 0.193. The highest BCUT2D eigenvalue weighted by atomic mass is 35.5. The normalized spacial score (nSPS) is 17.0. The Bertz CT molecular complexity index is 543. The van der Waals surface area contributed by atoms with Crippen molar-refractivity contribution in [1.82, 2.24) is 0 Å². The lowest BCUT2D eigenvalue weighted by atomic mass is 9.85. The molecule has 1 aliphatic carbocycles. The van der Waals surface area contributed by atoms with Crippen LogP contribution in [0.4, 0.5) is 18.9 Å². The summed E-state index contributed by atoms with van der Waals surface area (Å²) < 4.78 is 38.4. The lowest BCUT2D eigenvalue weighted by Gasteiger charge is -2.26. The second-order valence-corrected chi connectivity index (χ2v) is 5.75. The van der Waals surface area contributed by atoms with Gasteiger partial charge in [0.2, 0.25) is 5.91 Å². The van der Waals surface area contributed by atoms with E-state index in [1.54, 1.807) is 0 Å². The number of hydrogen-bond donors (Lipinski definition) is 2. The smallest absolute Gasteiger partial charge is 0.329 e. The topological polar surface area (TPSA) is 55.1 Å². The van der Waals surface area contributed by atoms with Crippen LogP contribution in [-0.4, -0.2) is 12.5 Å². The molecule has 0 atom stereocenters. The minimum atomic E-state index is -4.56. The minimum absolute atomic E-state index is 0. The molecule has 1 aromatic rings. The molecule has 0 radical (unpaired) electrons. The fourth-order valence-corrected chi connectivity index (χ4v) is 2.88. The Kier molecular flexibility index (Phi) is 6.12. The third-order valence-corrected chi connectivity index (χ3v) is 4.29. The number of alkyl halides is 3. The van der Waals surface area contributed by atoms with Crippen LogP contribution in [0.5, 0.6) is 0 Å². The van der Waals surface area contributed by atoms with E-state index in [0.717, 1.165) is 25.0 Å². The number of hydrogen-bond acceptors (Lipinski definition) is 2. The zero-order valence-corrected chi connectivity index (χ0v) is 13.2. The van der Waals surface area contributed by atoms with Crippen LogP contribution in [0.1, 0.15) is 31.2 Å². The summed E-state index contributed by atoms with van der Waals surface area (Å²) in [4.78, 5) is 12.3. The Labute approximate surface area is 137 Å². The van der Waals surface area contributed by atoms with Gasteiger partial charge in [-0.2, -0.15) is 13.2 Å². The lowest BCUT2D eigenvalue weighted by Crippen LogP contribution is -2.40. The van der Waals surface area contributed by atoms with Crippen LogP contribution < -0.4 is 11.1 Å². The number of anilines is 1. The maximum atomic E-state index is 12.8. The number of carbonyl (C=O) groups is 1. The van der Waals surface area contributed by atoms with Crippen LogP contribution in [0.15, 0.2) is 18.2 Å². The van der Waals surface area contributed by atoms with Crippen molar-refractivity contribution < 1.29 is 18.0 Å². The zero-order chi connectivity index (χ0) is 15.7. The first-order chi connectivity index (χ1) is 9.78. The SMILES string of the molecule is Cl.NCC1(C(=O)Nc2ccc(Cl)c(C(F)(F)F)c2)CCCC1. The molecular formula is C14H17Cl2F3N2O. The fraction of sp³-hybridized carbons (Fsp3) is 0.500. The van der Waals surface area contributed by atoms with Gasteiger partial charge in [-0.25, -0.2) is 0 Å². The molecule has 1 amide bonds. The number of rotatable bonds is 3. The van der Waals surface area contributed by atoms with Gasteiger partial charge in [-0.3, -0.25) is 4.79 Å². The van der Waals surface area contributed by atoms with E-state index >= 15 is 0 Å². The Morgan fingerprint density at radius 2 is 1.91 bits per heavy atom. The summed E-state index contributed by atoms with van der Waals surface area (Å²) >= 11 is 5.55. The largest absolute Gasteiger partial charge is 0.417 e. The predicted octanol–water partition coefficient (Wildman–Crippen LogP) is 4.24. The molecule has 0 aliphatic heterocycles. The minimum Gasteiger partial charge on any atom is -0.329 e. The monoisotopic (exact) mass is 356 g/mol. The van der Waals surface area contributed by atoms with Crippen LogP contribution >= 0.6 is 24.0 Å². The van der Waals surface area contributed by atoms with Crippen LogP contribution in [-0.2, 0) is 11.0 Å². The molecule has 1 fully saturated rings. The number of nitrogens with one attached hydrogen (secondary N) is 1. The van der Waals surface area contributed by atoms with Crippen LogP contribution in [0.25, 0.3) is 0 Å². The molecule has 0 unspecified atom stereocenters. The Morgan fingerprint density at radius 1 is 1.32 bits per heavy atom. The molecule has 124 valence electrons. The average molecular weight is 357 g/mol. The summed E-state index contributed by atoms with van der Waals surface area (Å²) in [6.07, 6.45) is -1.43. The third-order valence-electron chi connectivity index (χ3n) is 3.96. The van der Waals surface area contributed by atoms with E-state index in [1.165, 1.54) is 6.07 Å². The van der Waals surface area contributed by atoms with Gasteiger partial charge < -0.3 is 11.1 Å². The number of nitrogens with two attached hydrogens (primary N) is 1. The van der Waals surface area contributed by atoms with Crippen molar-refractivity contribution in [3.63, 3.8) is 0 Å². The molecule has 8 heteroatoms. The highest BCUT2D eigenvalue weighted by molar-refractivity contribution is 6.31. The van der Waals surface area contributed by atoms with Gasteiger partial charge in [0.25, 0.3) is 0 Å². The molecule has 0 saturated heterocycles. The highest BCUT2D eigenvalue weighted by Gasteiger charge is 2.40. The summed E-state index contributed by atoms with van der Waals surface area (Å²) in [5.74, 6) is -0.321. The van der Waals surface area contributed by atoms with Crippen molar-refractivity contribution in [3.8, 4) is 0 Å². The van der Waals surface area contributed by atoms with E-state index in [2.05, 4.69) is 5.32 Å². The Hall–Kier alpha value is -0.980. The van der Waals surface area contributed by atoms with Crippen molar-refractivity contribution >= 4 is 35.6 Å². The van der Waals surface area contributed by atoms with E-state index in [-0.39, 0.29) is 30.5 Å². The molecule has 0 aromatic heterocycles. The standard InChI is InChI=1S/C14H16ClF3N2O.ClH/c15-11-4-3-9(7-10(11)14(16,17)18)20-12(21)13(8-19)5-1-2-6-13;/h3-4,7H,1-2,5-6,8,19H2,(H,20,21);1H. The van der Waals surface area contributed by atoms with Gasteiger partial charge in [0.15, 0.2) is 0 Å². The van der Waals surface area contributed by atoms with E-state index < -0.39 is 22.2 Å². The summed E-state index contributed by atoms with van der Waals surface area (Å²) in [6, 6.07) is 3.33. The molecule has 22 heavy (non-hydrogen) atoms. The van der Waals surface area contributed by atoms with Crippen LogP contribution in [0.3, 0.4) is 0 Å². The van der Waals surface area contributed by atoms with E-state index in [1.807, 2.05) is 0 Å². The second kappa shape index (κ2) is 7.06. The van der Waals surface area contributed by atoms with Gasteiger partial charge in [-0.1, -0.05) is 24.4 Å². The van der Waals surface area contributed by atoms with Crippen molar-refractivity contribution in [2.45, 2.75) is 31.9 Å². The number of halogens is 5. The average Bonchev–Trinajstić information content (AvgIpc) is 2.89. The van der Waals surface area contributed by atoms with Crippen LogP contribution in [0, 0.1) is 5.41 Å². The molecule has 1 saturated carbocycles. The van der Waals surface area contributed by atoms with E-state index in [4.69, 9.17) is 17.3 Å². The molecule has 0 bridgehead atoms. The van der Waals surface area contributed by atoms with Gasteiger partial charge in [0.1, 0.15) is 0 Å². The highest BCUT2D eigenvalue weighted by Crippen LogP contribution is 2.39. The molecule has 0 heterocycles. The fourth-order valence-electron chi connectivity index (χ4n) is 2.66. The zero-order valence-electron chi connectivity index (χ0n) is 11.7. The first kappa shape index (κ1) is 19.1. The predicted molar refractivity (Wildman–Crippen MR) is 82.3 cm³/mol. The quantitative estimate of drug-likeness (QED) is 0.850. The first-order valence-corrected chi connectivity index (χ1v) is 7.04.